The summed E-state index contributed by atoms with van der Waals surface area (Å²) in [6, 6.07) is 3.64. The van der Waals surface area contributed by atoms with E-state index in [2.05, 4.69) is 5.18 Å². The van der Waals surface area contributed by atoms with E-state index in [1.807, 2.05) is 0 Å². The van der Waals surface area contributed by atoms with Crippen LogP contribution in [0.1, 0.15) is 13.0 Å². The van der Waals surface area contributed by atoms with E-state index < -0.39 is 17.5 Å². The summed E-state index contributed by atoms with van der Waals surface area (Å²) >= 11 is 5.83. The number of hydrogen-bond donors (Lipinski definition) is 1. The Morgan fingerprint density at radius 3 is 2.63 bits per heavy atom. The number of amides is 1. The smallest absolute Gasteiger partial charge is 0.259 e. The van der Waals surface area contributed by atoms with Crippen LogP contribution < -0.4 is 11.3 Å². The minimum Gasteiger partial charge on any atom is -0.368 e. The maximum atomic E-state index is 12.2. The Hall–Kier alpha value is -2.21. The van der Waals surface area contributed by atoms with Gasteiger partial charge in [-0.15, -0.1) is 4.91 Å². The highest BCUT2D eigenvalue weighted by Gasteiger charge is 2.16. The molecule has 6 nitrogen and oxygen atoms in total. The van der Waals surface area contributed by atoms with E-state index in [1.165, 1.54) is 35.9 Å². The van der Waals surface area contributed by atoms with Crippen LogP contribution in [0.4, 0.5) is 5.69 Å². The van der Waals surface area contributed by atoms with E-state index in [0.29, 0.717) is 5.39 Å². The average Bonchev–Trinajstić information content (AvgIpc) is 2.38. The van der Waals surface area contributed by atoms with Gasteiger partial charge in [-0.2, -0.15) is 0 Å². The molecule has 0 saturated carbocycles. The molecule has 98 valence electrons. The summed E-state index contributed by atoms with van der Waals surface area (Å²) < 4.78 is 1.20. The van der Waals surface area contributed by atoms with Crippen LogP contribution in [0.15, 0.2) is 34.4 Å². The van der Waals surface area contributed by atoms with Crippen molar-refractivity contribution in [1.82, 2.24) is 4.57 Å². The third kappa shape index (κ3) is 2.10. The van der Waals surface area contributed by atoms with Gasteiger partial charge in [0.15, 0.2) is 0 Å². The van der Waals surface area contributed by atoms with Gasteiger partial charge in [-0.1, -0.05) is 11.6 Å². The Labute approximate surface area is 112 Å². The monoisotopic (exact) mass is 279 g/mol. The molecule has 0 unspecified atom stereocenters. The van der Waals surface area contributed by atoms with E-state index in [1.54, 1.807) is 0 Å². The van der Waals surface area contributed by atoms with Gasteiger partial charge in [0.2, 0.25) is 5.91 Å². The second kappa shape index (κ2) is 4.81. The predicted octanol–water partition coefficient (Wildman–Crippen LogP) is 2.10. The molecule has 2 N–H and O–H groups in total. The number of aromatic nitrogens is 1. The van der Waals surface area contributed by atoms with Crippen molar-refractivity contribution < 1.29 is 4.79 Å². The topological polar surface area (TPSA) is 94.5 Å². The van der Waals surface area contributed by atoms with Crippen LogP contribution in [-0.2, 0) is 4.79 Å². The molecule has 7 heteroatoms. The number of fused-ring (bicyclic) bond motifs is 1. The lowest BCUT2D eigenvalue weighted by Crippen LogP contribution is -2.31. The summed E-state index contributed by atoms with van der Waals surface area (Å²) in [5.74, 6) is -0.621. The summed E-state index contributed by atoms with van der Waals surface area (Å²) in [5, 5.41) is 3.60. The van der Waals surface area contributed by atoms with Gasteiger partial charge >= 0.3 is 0 Å². The average molecular weight is 280 g/mol. The normalized spacial score (nSPS) is 12.3. The molecule has 1 aromatic carbocycles. The third-order valence-corrected chi connectivity index (χ3v) is 3.26. The Morgan fingerprint density at radius 1 is 1.37 bits per heavy atom. The Morgan fingerprint density at radius 2 is 2.05 bits per heavy atom. The summed E-state index contributed by atoms with van der Waals surface area (Å²) in [5.41, 5.74) is 4.76. The number of nitrogens with two attached hydrogens (primary N) is 1. The molecule has 0 aliphatic rings. The highest BCUT2D eigenvalue weighted by Crippen LogP contribution is 2.32. The predicted molar refractivity (Wildman–Crippen MR) is 72.6 cm³/mol. The minimum absolute atomic E-state index is 0.00939. The lowest BCUT2D eigenvalue weighted by molar-refractivity contribution is -0.120. The maximum Gasteiger partial charge on any atom is 0.259 e. The van der Waals surface area contributed by atoms with E-state index in [9.17, 15) is 14.5 Å². The number of nitroso groups, excluding NO2 is 1. The van der Waals surface area contributed by atoms with Crippen LogP contribution >= 0.6 is 11.6 Å². The van der Waals surface area contributed by atoms with Crippen molar-refractivity contribution in [2.75, 3.05) is 0 Å². The molecular weight excluding hydrogens is 270 g/mol. The van der Waals surface area contributed by atoms with Gasteiger partial charge in [0, 0.05) is 17.0 Å². The first-order chi connectivity index (χ1) is 8.97. The van der Waals surface area contributed by atoms with E-state index >= 15 is 0 Å². The van der Waals surface area contributed by atoms with Gasteiger partial charge < -0.3 is 10.3 Å². The van der Waals surface area contributed by atoms with E-state index in [4.69, 9.17) is 17.3 Å². The molecule has 0 spiro atoms. The van der Waals surface area contributed by atoms with Crippen LogP contribution in [0.25, 0.3) is 10.8 Å². The Kier molecular flexibility index (Phi) is 3.35. The van der Waals surface area contributed by atoms with Gasteiger partial charge in [-0.05, 0) is 30.3 Å². The van der Waals surface area contributed by atoms with E-state index in [-0.39, 0.29) is 16.1 Å². The summed E-state index contributed by atoms with van der Waals surface area (Å²) in [6.45, 7) is 1.52. The lowest BCUT2D eigenvalue weighted by Gasteiger charge is -2.12. The van der Waals surface area contributed by atoms with Gasteiger partial charge in [0.1, 0.15) is 11.7 Å². The van der Waals surface area contributed by atoms with Crippen LogP contribution in [0.2, 0.25) is 5.02 Å². The second-order valence-electron chi connectivity index (χ2n) is 4.06. The van der Waals surface area contributed by atoms with Crippen molar-refractivity contribution in [3.8, 4) is 0 Å². The summed E-state index contributed by atoms with van der Waals surface area (Å²) in [7, 11) is 0. The largest absolute Gasteiger partial charge is 0.368 e. The molecule has 1 atom stereocenters. The summed E-state index contributed by atoms with van der Waals surface area (Å²) in [6.07, 6.45) is 1.39. The number of benzene rings is 1. The fourth-order valence-corrected chi connectivity index (χ4v) is 2.03. The maximum absolute atomic E-state index is 12.2. The molecule has 1 heterocycles. The quantitative estimate of drug-likeness (QED) is 0.872. The van der Waals surface area contributed by atoms with Gasteiger partial charge in [-0.3, -0.25) is 9.59 Å². The highest BCUT2D eigenvalue weighted by atomic mass is 35.5. The molecular formula is C12H10ClN3O3. The summed E-state index contributed by atoms with van der Waals surface area (Å²) in [4.78, 5) is 34.1. The first kappa shape index (κ1) is 13.2. The van der Waals surface area contributed by atoms with Crippen molar-refractivity contribution in [3.63, 3.8) is 0 Å². The van der Waals surface area contributed by atoms with Crippen molar-refractivity contribution in [3.05, 3.63) is 44.7 Å². The Bertz CT molecular complexity index is 739. The Balaban J connectivity index is 2.81. The lowest BCUT2D eigenvalue weighted by atomic mass is 10.1. The molecule has 0 bridgehead atoms. The number of pyridine rings is 1. The standard InChI is InChI=1S/C12H10ClN3O3/c1-6(11(14)17)16-5-4-7-8(12(16)18)2-3-9(13)10(7)15-19/h2-6H,1H3,(H2,14,17)/t6-/m1/s1. The molecule has 1 amide bonds. The SMILES string of the molecule is C[C@H](C(N)=O)n1ccc2c(N=O)c(Cl)ccc2c1=O. The van der Waals surface area contributed by atoms with Gasteiger partial charge in [0.25, 0.3) is 5.56 Å². The van der Waals surface area contributed by atoms with Crippen LogP contribution in [0.5, 0.6) is 0 Å². The minimum atomic E-state index is -0.778. The number of halogens is 1. The van der Waals surface area contributed by atoms with Crippen LogP contribution in [-0.4, -0.2) is 10.5 Å². The van der Waals surface area contributed by atoms with Crippen LogP contribution in [0, 0.1) is 4.91 Å². The van der Waals surface area contributed by atoms with Gasteiger partial charge in [-0.25, -0.2) is 0 Å². The molecule has 19 heavy (non-hydrogen) atoms. The molecule has 1 aromatic heterocycles. The number of carbonyl (C=O) groups excluding carboxylic acids is 1. The first-order valence-electron chi connectivity index (χ1n) is 5.43. The molecule has 0 aliphatic carbocycles. The zero-order valence-corrected chi connectivity index (χ0v) is 10.7. The van der Waals surface area contributed by atoms with E-state index in [0.717, 1.165) is 0 Å². The molecule has 2 aromatic rings. The fourth-order valence-electron chi connectivity index (χ4n) is 1.83. The molecule has 0 aliphatic heterocycles. The van der Waals surface area contributed by atoms with Crippen LogP contribution in [0.3, 0.4) is 0 Å². The number of carbonyl (C=O) groups is 1. The van der Waals surface area contributed by atoms with Gasteiger partial charge in [0.05, 0.1) is 5.02 Å². The fraction of sp³-hybridized carbons (Fsp3) is 0.167. The number of hydrogen-bond acceptors (Lipinski definition) is 4. The first-order valence-corrected chi connectivity index (χ1v) is 5.81. The molecule has 0 fully saturated rings. The zero-order chi connectivity index (χ0) is 14.2. The number of primary amides is 1. The second-order valence-corrected chi connectivity index (χ2v) is 4.46. The van der Waals surface area contributed by atoms with Crippen molar-refractivity contribution >= 4 is 34.0 Å². The van der Waals surface area contributed by atoms with Crippen molar-refractivity contribution in [1.29, 1.82) is 0 Å². The highest BCUT2D eigenvalue weighted by molar-refractivity contribution is 6.34. The molecule has 2 rings (SSSR count). The molecule has 0 radical (unpaired) electrons. The number of rotatable bonds is 3. The number of nitrogens with zero attached hydrogens (tertiary/aromatic N) is 2. The van der Waals surface area contributed by atoms with Crippen molar-refractivity contribution in [2.24, 2.45) is 10.9 Å². The molecule has 0 saturated heterocycles. The third-order valence-electron chi connectivity index (χ3n) is 2.95. The zero-order valence-electron chi connectivity index (χ0n) is 9.96. The van der Waals surface area contributed by atoms with Crippen molar-refractivity contribution in [2.45, 2.75) is 13.0 Å².